The Balaban J connectivity index is 1.82. The molecule has 0 saturated heterocycles. The number of amides is 2. The molecule has 0 bridgehead atoms. The van der Waals surface area contributed by atoms with Gasteiger partial charge in [0.25, 0.3) is 5.91 Å². The lowest BCUT2D eigenvalue weighted by molar-refractivity contribution is -0.118. The van der Waals surface area contributed by atoms with Crippen molar-refractivity contribution in [3.63, 3.8) is 0 Å². The maximum absolute atomic E-state index is 13.0. The number of carbonyl (C=O) groups is 2. The highest BCUT2D eigenvalue weighted by Gasteiger charge is 2.27. The number of carbonyl (C=O) groups excluding carboxylic acids is 2. The number of sulfone groups is 1. The number of nitrogens with zero attached hydrogens (tertiary/aromatic N) is 1. The monoisotopic (exact) mass is 421 g/mol. The van der Waals surface area contributed by atoms with Crippen molar-refractivity contribution in [1.29, 1.82) is 0 Å². The van der Waals surface area contributed by atoms with E-state index in [2.05, 4.69) is 10.3 Å². The topological polar surface area (TPSA) is 119 Å². The second-order valence-corrected chi connectivity index (χ2v) is 10.2. The van der Waals surface area contributed by atoms with E-state index in [0.717, 1.165) is 36.0 Å². The van der Waals surface area contributed by atoms with Gasteiger partial charge in [-0.3, -0.25) is 9.59 Å². The number of benzene rings is 1. The van der Waals surface area contributed by atoms with Gasteiger partial charge in [-0.25, -0.2) is 13.4 Å². The third-order valence-corrected chi connectivity index (χ3v) is 7.11. The van der Waals surface area contributed by atoms with Gasteiger partial charge in [0.1, 0.15) is 4.88 Å². The van der Waals surface area contributed by atoms with E-state index in [4.69, 9.17) is 5.73 Å². The lowest BCUT2D eigenvalue weighted by Gasteiger charge is -2.20. The van der Waals surface area contributed by atoms with Gasteiger partial charge in [0, 0.05) is 6.26 Å². The lowest BCUT2D eigenvalue weighted by Crippen LogP contribution is -2.23. The van der Waals surface area contributed by atoms with Crippen LogP contribution in [0.1, 0.15) is 53.3 Å². The first kappa shape index (κ1) is 20.5. The van der Waals surface area contributed by atoms with E-state index in [-0.39, 0.29) is 15.7 Å². The average Bonchev–Trinajstić information content (AvgIpc) is 3.30. The predicted octanol–water partition coefficient (Wildman–Crippen LogP) is 2.95. The number of aromatic nitrogens is 1. The number of primary amides is 1. The van der Waals surface area contributed by atoms with Crippen molar-refractivity contribution in [1.82, 2.24) is 4.98 Å². The molecule has 1 aromatic carbocycles. The first-order valence-corrected chi connectivity index (χ1v) is 11.8. The average molecular weight is 422 g/mol. The summed E-state index contributed by atoms with van der Waals surface area (Å²) in [5, 5.41) is 3.10. The van der Waals surface area contributed by atoms with Crippen LogP contribution in [-0.4, -0.2) is 31.5 Å². The van der Waals surface area contributed by atoms with Gasteiger partial charge < -0.3 is 11.1 Å². The molecular formula is C19H23N3O4S2. The summed E-state index contributed by atoms with van der Waals surface area (Å²) < 4.78 is 23.4. The normalized spacial score (nSPS) is 16.0. The molecule has 1 aliphatic carbocycles. The summed E-state index contributed by atoms with van der Waals surface area (Å²) in [7, 11) is -3.29. The Morgan fingerprint density at radius 1 is 1.25 bits per heavy atom. The molecule has 1 heterocycles. The Morgan fingerprint density at radius 2 is 1.89 bits per heavy atom. The van der Waals surface area contributed by atoms with Crippen molar-refractivity contribution >= 4 is 38.1 Å². The van der Waals surface area contributed by atoms with Crippen molar-refractivity contribution in [2.24, 2.45) is 11.7 Å². The molecule has 1 atom stereocenters. The molecule has 9 heteroatoms. The highest BCUT2D eigenvalue weighted by molar-refractivity contribution is 7.90. The molecule has 1 saturated carbocycles. The summed E-state index contributed by atoms with van der Waals surface area (Å²) in [5.41, 5.74) is 6.00. The van der Waals surface area contributed by atoms with Crippen LogP contribution < -0.4 is 11.1 Å². The molecule has 2 amide bonds. The summed E-state index contributed by atoms with van der Waals surface area (Å²) in [6, 6.07) is 6.47. The minimum atomic E-state index is -3.29. The molecule has 0 aliphatic heterocycles. The van der Waals surface area contributed by atoms with Gasteiger partial charge in [-0.15, -0.1) is 0 Å². The Kier molecular flexibility index (Phi) is 6.14. The summed E-state index contributed by atoms with van der Waals surface area (Å²) >= 11 is 1.03. The molecule has 1 unspecified atom stereocenters. The van der Waals surface area contributed by atoms with E-state index >= 15 is 0 Å². The number of nitrogens with two attached hydrogens (primary N) is 1. The minimum Gasteiger partial charge on any atom is -0.365 e. The van der Waals surface area contributed by atoms with Crippen LogP contribution in [0.2, 0.25) is 0 Å². The quantitative estimate of drug-likeness (QED) is 0.712. The van der Waals surface area contributed by atoms with Crippen LogP contribution in [0.15, 0.2) is 35.4 Å². The number of rotatable bonds is 7. The minimum absolute atomic E-state index is 0.218. The molecule has 1 aromatic heterocycles. The van der Waals surface area contributed by atoms with Gasteiger partial charge in [0.15, 0.2) is 15.0 Å². The van der Waals surface area contributed by atoms with Crippen LogP contribution in [0.4, 0.5) is 5.13 Å². The number of anilines is 1. The van der Waals surface area contributed by atoms with Crippen LogP contribution in [0.5, 0.6) is 0 Å². The third kappa shape index (κ3) is 4.96. The Labute approximate surface area is 168 Å². The first-order chi connectivity index (χ1) is 13.2. The molecule has 150 valence electrons. The molecule has 0 spiro atoms. The van der Waals surface area contributed by atoms with Crippen LogP contribution in [0, 0.1) is 5.92 Å². The van der Waals surface area contributed by atoms with Gasteiger partial charge in [-0.05, 0) is 30.0 Å². The van der Waals surface area contributed by atoms with E-state index in [0.29, 0.717) is 17.5 Å². The van der Waals surface area contributed by atoms with E-state index in [1.165, 1.54) is 31.2 Å². The zero-order chi connectivity index (χ0) is 20.3. The summed E-state index contributed by atoms with van der Waals surface area (Å²) in [6.45, 7) is 0. The second kappa shape index (κ2) is 8.40. The summed E-state index contributed by atoms with van der Waals surface area (Å²) in [4.78, 5) is 28.8. The van der Waals surface area contributed by atoms with E-state index in [9.17, 15) is 18.0 Å². The molecule has 1 fully saturated rings. The van der Waals surface area contributed by atoms with Crippen molar-refractivity contribution in [2.75, 3.05) is 11.6 Å². The predicted molar refractivity (Wildman–Crippen MR) is 108 cm³/mol. The molecule has 2 aromatic rings. The van der Waals surface area contributed by atoms with Crippen molar-refractivity contribution in [2.45, 2.75) is 42.9 Å². The highest BCUT2D eigenvalue weighted by Crippen LogP contribution is 2.35. The Hall–Kier alpha value is -2.26. The number of hydrogen-bond acceptors (Lipinski definition) is 6. The Bertz CT molecular complexity index is 961. The molecule has 0 radical (unpaired) electrons. The van der Waals surface area contributed by atoms with Gasteiger partial charge >= 0.3 is 0 Å². The molecule has 3 rings (SSSR count). The first-order valence-electron chi connectivity index (χ1n) is 9.10. The van der Waals surface area contributed by atoms with Gasteiger partial charge in [0.05, 0.1) is 17.0 Å². The maximum Gasteiger partial charge on any atom is 0.260 e. The van der Waals surface area contributed by atoms with Crippen LogP contribution >= 0.6 is 11.3 Å². The second-order valence-electron chi connectivity index (χ2n) is 7.16. The smallest absolute Gasteiger partial charge is 0.260 e. The van der Waals surface area contributed by atoms with E-state index in [1.807, 2.05) is 0 Å². The van der Waals surface area contributed by atoms with Gasteiger partial charge in [-0.1, -0.05) is 49.2 Å². The summed E-state index contributed by atoms with van der Waals surface area (Å²) in [5.74, 6) is -0.762. The van der Waals surface area contributed by atoms with Crippen molar-refractivity contribution in [3.05, 3.63) is 40.9 Å². The highest BCUT2D eigenvalue weighted by atomic mass is 32.2. The van der Waals surface area contributed by atoms with Crippen LogP contribution in [-0.2, 0) is 14.6 Å². The SMILES string of the molecule is CS(=O)(=O)c1ccc(C(CC2CCCC2)C(=O)Nc2ncc(C(N)=O)s2)cc1. The summed E-state index contributed by atoms with van der Waals surface area (Å²) in [6.07, 6.45) is 7.71. The van der Waals surface area contributed by atoms with Gasteiger partial charge in [-0.2, -0.15) is 0 Å². The molecule has 3 N–H and O–H groups in total. The lowest BCUT2D eigenvalue weighted by atomic mass is 9.87. The van der Waals surface area contributed by atoms with Crippen molar-refractivity contribution < 1.29 is 18.0 Å². The standard InChI is InChI=1S/C19H23N3O4S2/c1-28(25,26)14-8-6-13(7-9-14)15(10-12-4-2-3-5-12)18(24)22-19-21-11-16(27-19)17(20)23/h6-9,11-12,15H,2-5,10H2,1H3,(H2,20,23)(H,21,22,24). The zero-order valence-corrected chi connectivity index (χ0v) is 17.2. The number of hydrogen-bond donors (Lipinski definition) is 2. The third-order valence-electron chi connectivity index (χ3n) is 5.05. The molecule has 1 aliphatic rings. The van der Waals surface area contributed by atoms with Gasteiger partial charge in [0.2, 0.25) is 5.91 Å². The number of thiazole rings is 1. The molecular weight excluding hydrogens is 398 g/mol. The molecule has 7 nitrogen and oxygen atoms in total. The zero-order valence-electron chi connectivity index (χ0n) is 15.6. The largest absolute Gasteiger partial charge is 0.365 e. The fourth-order valence-corrected chi connectivity index (χ4v) is 4.86. The van der Waals surface area contributed by atoms with E-state index < -0.39 is 21.7 Å². The fourth-order valence-electron chi connectivity index (χ4n) is 3.56. The fraction of sp³-hybridized carbons (Fsp3) is 0.421. The van der Waals surface area contributed by atoms with Crippen LogP contribution in [0.25, 0.3) is 0 Å². The van der Waals surface area contributed by atoms with Crippen molar-refractivity contribution in [3.8, 4) is 0 Å². The van der Waals surface area contributed by atoms with E-state index in [1.54, 1.807) is 12.1 Å². The molecule has 28 heavy (non-hydrogen) atoms. The van der Waals surface area contributed by atoms with Crippen LogP contribution in [0.3, 0.4) is 0 Å². The Morgan fingerprint density at radius 3 is 2.43 bits per heavy atom. The maximum atomic E-state index is 13.0. The number of nitrogens with one attached hydrogen (secondary N) is 1.